The lowest BCUT2D eigenvalue weighted by atomic mass is 10.5. The highest BCUT2D eigenvalue weighted by molar-refractivity contribution is 5.63. The monoisotopic (exact) mass is 213 g/mol. The van der Waals surface area contributed by atoms with Crippen molar-refractivity contribution < 1.29 is 24.4 Å². The molecule has 0 aliphatic rings. The topological polar surface area (TPSA) is 81.3 Å². The van der Waals surface area contributed by atoms with Crippen LogP contribution in [0.5, 0.6) is 0 Å². The first kappa shape index (κ1) is 15.6. The lowest BCUT2D eigenvalue weighted by molar-refractivity contribution is -0.671. The molecule has 1 N–H and O–H groups in total. The van der Waals surface area contributed by atoms with Gasteiger partial charge in [0.1, 0.15) is 7.05 Å². The largest absolute Gasteiger partial charge is 0.550 e. The van der Waals surface area contributed by atoms with Crippen LogP contribution in [0.4, 0.5) is 0 Å². The van der Waals surface area contributed by atoms with Crippen molar-refractivity contribution in [3.05, 3.63) is 30.6 Å². The fourth-order valence-corrected chi connectivity index (χ4v) is 0.485. The van der Waals surface area contributed by atoms with Crippen LogP contribution in [0, 0.1) is 0 Å². The minimum absolute atomic E-state index is 0.833. The zero-order chi connectivity index (χ0) is 12.3. The molecule has 1 heterocycles. The van der Waals surface area contributed by atoms with Gasteiger partial charge in [0.25, 0.3) is 5.97 Å². The Morgan fingerprint density at radius 3 is 1.53 bits per heavy atom. The number of nitrogens with zero attached hydrogens (tertiary/aromatic N) is 1. The van der Waals surface area contributed by atoms with Gasteiger partial charge in [0.05, 0.1) is 0 Å². The van der Waals surface area contributed by atoms with Crippen molar-refractivity contribution in [2.75, 3.05) is 0 Å². The number of hydrogen-bond donors (Lipinski definition) is 1. The van der Waals surface area contributed by atoms with Gasteiger partial charge in [0.2, 0.25) is 0 Å². The van der Waals surface area contributed by atoms with E-state index in [-0.39, 0.29) is 0 Å². The Bertz CT molecular complexity index is 265. The number of carbonyl (C=O) groups excluding carboxylic acids is 1. The van der Waals surface area contributed by atoms with Crippen molar-refractivity contribution in [2.45, 2.75) is 13.8 Å². The van der Waals surface area contributed by atoms with Crippen LogP contribution in [0.15, 0.2) is 30.6 Å². The van der Waals surface area contributed by atoms with Crippen LogP contribution in [0.25, 0.3) is 0 Å². The second-order valence-corrected chi connectivity index (χ2v) is 2.55. The van der Waals surface area contributed by atoms with Crippen molar-refractivity contribution >= 4 is 11.9 Å². The van der Waals surface area contributed by atoms with E-state index >= 15 is 0 Å². The molecule has 0 fully saturated rings. The van der Waals surface area contributed by atoms with Crippen molar-refractivity contribution in [1.29, 1.82) is 0 Å². The van der Waals surface area contributed by atoms with E-state index in [0.717, 1.165) is 13.8 Å². The van der Waals surface area contributed by atoms with Gasteiger partial charge in [-0.05, 0) is 6.92 Å². The number of aliphatic carboxylic acids is 2. The summed E-state index contributed by atoms with van der Waals surface area (Å²) in [5.41, 5.74) is 0. The van der Waals surface area contributed by atoms with E-state index in [0.29, 0.717) is 0 Å². The number of pyridine rings is 1. The molecule has 0 bridgehead atoms. The van der Waals surface area contributed by atoms with E-state index in [1.165, 1.54) is 0 Å². The molecule has 84 valence electrons. The van der Waals surface area contributed by atoms with Crippen LogP contribution in [-0.2, 0) is 16.6 Å². The second-order valence-electron chi connectivity index (χ2n) is 2.55. The van der Waals surface area contributed by atoms with Gasteiger partial charge in [-0.2, -0.15) is 0 Å². The van der Waals surface area contributed by atoms with Gasteiger partial charge in [-0.25, -0.2) is 4.57 Å². The van der Waals surface area contributed by atoms with E-state index in [9.17, 15) is 0 Å². The Morgan fingerprint density at radius 2 is 1.40 bits per heavy atom. The summed E-state index contributed by atoms with van der Waals surface area (Å²) in [6.45, 7) is 2.06. The number of aromatic nitrogens is 1. The van der Waals surface area contributed by atoms with Gasteiger partial charge < -0.3 is 15.0 Å². The lowest BCUT2D eigenvalue weighted by Gasteiger charge is -1.77. The molecule has 0 unspecified atom stereocenters. The van der Waals surface area contributed by atoms with Gasteiger partial charge >= 0.3 is 0 Å². The number of aryl methyl sites for hydroxylation is 1. The SMILES string of the molecule is CC(=O)O.CC(=O)[O-].C[n+]1ccccc1. The number of carbonyl (C=O) groups is 2. The van der Waals surface area contributed by atoms with Gasteiger partial charge in [-0.3, -0.25) is 4.79 Å². The molecule has 0 aliphatic carbocycles. The summed E-state index contributed by atoms with van der Waals surface area (Å²) in [6, 6.07) is 6.00. The van der Waals surface area contributed by atoms with Crippen molar-refractivity contribution in [1.82, 2.24) is 0 Å². The number of carboxylic acid groups (broad SMARTS) is 2. The molecule has 0 amide bonds. The maximum Gasteiger partial charge on any atom is 0.300 e. The maximum atomic E-state index is 9.00. The van der Waals surface area contributed by atoms with Crippen molar-refractivity contribution in [2.24, 2.45) is 7.05 Å². The molecule has 1 aromatic heterocycles. The highest BCUT2D eigenvalue weighted by Gasteiger charge is 1.78. The number of carboxylic acids is 2. The average Bonchev–Trinajstić information content (AvgIpc) is 2.03. The quantitative estimate of drug-likeness (QED) is 0.581. The summed E-state index contributed by atoms with van der Waals surface area (Å²) in [6.07, 6.45) is 4.00. The fraction of sp³-hybridized carbons (Fsp3) is 0.300. The summed E-state index contributed by atoms with van der Waals surface area (Å²) < 4.78 is 2.00. The Balaban J connectivity index is 0. The maximum absolute atomic E-state index is 9.00. The molecule has 0 radical (unpaired) electrons. The van der Waals surface area contributed by atoms with Gasteiger partial charge in [0, 0.05) is 25.0 Å². The van der Waals surface area contributed by atoms with E-state index in [1.807, 2.05) is 42.2 Å². The van der Waals surface area contributed by atoms with Crippen LogP contribution >= 0.6 is 0 Å². The number of hydrogen-bond acceptors (Lipinski definition) is 3. The van der Waals surface area contributed by atoms with Crippen LogP contribution in [-0.4, -0.2) is 17.0 Å². The summed E-state index contributed by atoms with van der Waals surface area (Å²) in [5, 5.41) is 16.3. The first-order valence-corrected chi connectivity index (χ1v) is 4.13. The van der Waals surface area contributed by atoms with Crippen LogP contribution in [0.2, 0.25) is 0 Å². The normalized spacial score (nSPS) is 7.40. The molecule has 0 atom stereocenters. The second kappa shape index (κ2) is 10.2. The predicted molar refractivity (Wildman–Crippen MR) is 51.6 cm³/mol. The summed E-state index contributed by atoms with van der Waals surface area (Å²) in [5.74, 6) is -1.92. The molecule has 0 aliphatic heterocycles. The smallest absolute Gasteiger partial charge is 0.300 e. The predicted octanol–water partition coefficient (Wildman–Crippen LogP) is -0.642. The average molecular weight is 213 g/mol. The lowest BCUT2D eigenvalue weighted by Crippen LogP contribution is -2.25. The first-order valence-electron chi connectivity index (χ1n) is 4.13. The Kier molecular flexibility index (Phi) is 10.6. The Labute approximate surface area is 88.6 Å². The molecule has 1 rings (SSSR count). The Morgan fingerprint density at radius 1 is 1.13 bits per heavy atom. The zero-order valence-electron chi connectivity index (χ0n) is 9.01. The van der Waals surface area contributed by atoms with Gasteiger partial charge in [-0.1, -0.05) is 6.07 Å². The third-order valence-corrected chi connectivity index (χ3v) is 0.865. The van der Waals surface area contributed by atoms with E-state index in [2.05, 4.69) is 0 Å². The molecule has 0 saturated carbocycles. The highest BCUT2D eigenvalue weighted by Crippen LogP contribution is 1.71. The Hall–Kier alpha value is -1.91. The van der Waals surface area contributed by atoms with Gasteiger partial charge in [-0.15, -0.1) is 0 Å². The van der Waals surface area contributed by atoms with Crippen LogP contribution < -0.4 is 9.67 Å². The standard InChI is InChI=1S/C6H8N.2C2H4O2/c1-7-5-3-2-4-6-7;2*1-2(3)4/h2-6H,1H3;2*1H3,(H,3,4)/q+1;;/p-1. The third kappa shape index (κ3) is 33.2. The molecule has 0 saturated heterocycles. The summed E-state index contributed by atoms with van der Waals surface area (Å²) in [4.78, 5) is 17.9. The fourth-order valence-electron chi connectivity index (χ4n) is 0.485. The minimum atomic E-state index is -1.08. The minimum Gasteiger partial charge on any atom is -0.550 e. The summed E-state index contributed by atoms with van der Waals surface area (Å²) >= 11 is 0. The molecule has 5 nitrogen and oxygen atoms in total. The molecule has 15 heavy (non-hydrogen) atoms. The molecule has 0 spiro atoms. The van der Waals surface area contributed by atoms with Crippen molar-refractivity contribution in [3.8, 4) is 0 Å². The zero-order valence-corrected chi connectivity index (χ0v) is 9.01. The molecule has 0 aromatic carbocycles. The van der Waals surface area contributed by atoms with E-state index in [4.69, 9.17) is 19.8 Å². The molecule has 1 aromatic rings. The van der Waals surface area contributed by atoms with Crippen molar-refractivity contribution in [3.63, 3.8) is 0 Å². The third-order valence-electron chi connectivity index (χ3n) is 0.865. The van der Waals surface area contributed by atoms with Gasteiger partial charge in [0.15, 0.2) is 12.4 Å². The number of rotatable bonds is 0. The van der Waals surface area contributed by atoms with Crippen LogP contribution in [0.3, 0.4) is 0 Å². The summed E-state index contributed by atoms with van der Waals surface area (Å²) in [7, 11) is 2.00. The van der Waals surface area contributed by atoms with Crippen LogP contribution in [0.1, 0.15) is 13.8 Å². The first-order chi connectivity index (χ1) is 6.86. The highest BCUT2D eigenvalue weighted by atomic mass is 16.4. The molecule has 5 heteroatoms. The van der Waals surface area contributed by atoms with E-state index in [1.54, 1.807) is 0 Å². The molecular weight excluding hydrogens is 198 g/mol. The van der Waals surface area contributed by atoms with E-state index < -0.39 is 11.9 Å². The molecular formula is C10H15NO4.